The molecule has 2 heterocycles. The predicted molar refractivity (Wildman–Crippen MR) is 98.8 cm³/mol. The molecule has 0 radical (unpaired) electrons. The third kappa shape index (κ3) is 4.55. The molecule has 144 valence electrons. The first-order valence-corrected chi connectivity index (χ1v) is 11.4. The summed E-state index contributed by atoms with van der Waals surface area (Å²) in [7, 11) is -3.22. The summed E-state index contributed by atoms with van der Waals surface area (Å²) in [6.07, 6.45) is 6.58. The van der Waals surface area contributed by atoms with Crippen LogP contribution in [0, 0.1) is 5.92 Å². The van der Waals surface area contributed by atoms with Crippen molar-refractivity contribution >= 4 is 15.9 Å². The van der Waals surface area contributed by atoms with Crippen molar-refractivity contribution in [2.45, 2.75) is 63.7 Å². The molecular formula is C18H33N3O3S. The SMILES string of the molecule is CC(C)S(=O)(=O)N1CCC(N(CCN2CCCCC2)C(=O)C2CC2)C1. The zero-order valence-electron chi connectivity index (χ0n) is 15.7. The number of carbonyl (C=O) groups excluding carboxylic acids is 1. The fraction of sp³-hybridized carbons (Fsp3) is 0.944. The highest BCUT2D eigenvalue weighted by atomic mass is 32.2. The van der Waals surface area contributed by atoms with E-state index in [0.29, 0.717) is 13.1 Å². The normalized spacial score (nSPS) is 26.3. The van der Waals surface area contributed by atoms with E-state index in [1.54, 1.807) is 18.2 Å². The van der Waals surface area contributed by atoms with Crippen molar-refractivity contribution in [3.05, 3.63) is 0 Å². The quantitative estimate of drug-likeness (QED) is 0.681. The van der Waals surface area contributed by atoms with Crippen LogP contribution < -0.4 is 0 Å². The lowest BCUT2D eigenvalue weighted by atomic mass is 10.1. The average molecular weight is 372 g/mol. The Kier molecular flexibility index (Phi) is 6.06. The summed E-state index contributed by atoms with van der Waals surface area (Å²) in [5.74, 6) is 0.447. The molecule has 7 heteroatoms. The largest absolute Gasteiger partial charge is 0.337 e. The van der Waals surface area contributed by atoms with E-state index in [9.17, 15) is 13.2 Å². The standard InChI is InChI=1S/C18H33N3O3S/c1-15(2)25(23,24)20-11-8-17(14-20)21(18(22)16-6-7-16)13-12-19-9-4-3-5-10-19/h15-17H,3-14H2,1-2H3. The molecule has 25 heavy (non-hydrogen) atoms. The van der Waals surface area contributed by atoms with Gasteiger partial charge in [-0.3, -0.25) is 4.79 Å². The number of sulfonamides is 1. The van der Waals surface area contributed by atoms with Crippen LogP contribution in [0.2, 0.25) is 0 Å². The molecule has 1 atom stereocenters. The van der Waals surface area contributed by atoms with Crippen molar-refractivity contribution in [3.8, 4) is 0 Å². The van der Waals surface area contributed by atoms with Crippen molar-refractivity contribution in [1.82, 2.24) is 14.1 Å². The predicted octanol–water partition coefficient (Wildman–Crippen LogP) is 1.52. The summed E-state index contributed by atoms with van der Waals surface area (Å²) < 4.78 is 26.5. The summed E-state index contributed by atoms with van der Waals surface area (Å²) in [6, 6.07) is 0.0476. The number of hydrogen-bond donors (Lipinski definition) is 0. The van der Waals surface area contributed by atoms with Gasteiger partial charge in [-0.2, -0.15) is 4.31 Å². The van der Waals surface area contributed by atoms with E-state index in [1.165, 1.54) is 19.3 Å². The number of nitrogens with zero attached hydrogens (tertiary/aromatic N) is 3. The molecular weight excluding hydrogens is 338 g/mol. The van der Waals surface area contributed by atoms with Crippen molar-refractivity contribution in [1.29, 1.82) is 0 Å². The zero-order valence-corrected chi connectivity index (χ0v) is 16.5. The van der Waals surface area contributed by atoms with Crippen LogP contribution in [0.1, 0.15) is 52.4 Å². The van der Waals surface area contributed by atoms with Crippen LogP contribution in [-0.2, 0) is 14.8 Å². The second kappa shape index (κ2) is 7.92. The molecule has 0 aromatic carbocycles. The topological polar surface area (TPSA) is 60.9 Å². The summed E-state index contributed by atoms with van der Waals surface area (Å²) >= 11 is 0. The van der Waals surface area contributed by atoms with Gasteiger partial charge in [-0.1, -0.05) is 6.42 Å². The van der Waals surface area contributed by atoms with Gasteiger partial charge < -0.3 is 9.80 Å². The monoisotopic (exact) mass is 371 g/mol. The van der Waals surface area contributed by atoms with Gasteiger partial charge in [-0.15, -0.1) is 0 Å². The molecule has 1 saturated carbocycles. The van der Waals surface area contributed by atoms with E-state index < -0.39 is 15.3 Å². The van der Waals surface area contributed by atoms with Gasteiger partial charge in [-0.05, 0) is 59.0 Å². The minimum atomic E-state index is -3.22. The van der Waals surface area contributed by atoms with Crippen molar-refractivity contribution in [2.24, 2.45) is 5.92 Å². The minimum absolute atomic E-state index is 0.0476. The molecule has 0 aromatic heterocycles. The number of hydrogen-bond acceptors (Lipinski definition) is 4. The molecule has 1 aliphatic carbocycles. The Hall–Kier alpha value is -0.660. The molecule has 1 unspecified atom stereocenters. The smallest absolute Gasteiger partial charge is 0.226 e. The van der Waals surface area contributed by atoms with Crippen LogP contribution in [0.15, 0.2) is 0 Å². The highest BCUT2D eigenvalue weighted by Crippen LogP contribution is 2.33. The minimum Gasteiger partial charge on any atom is -0.337 e. The molecule has 1 amide bonds. The summed E-state index contributed by atoms with van der Waals surface area (Å²) in [5, 5.41) is -0.396. The number of likely N-dealkylation sites (tertiary alicyclic amines) is 1. The third-order valence-electron chi connectivity index (χ3n) is 5.84. The molecule has 0 aromatic rings. The number of piperidine rings is 1. The maximum Gasteiger partial charge on any atom is 0.226 e. The average Bonchev–Trinajstić information content (AvgIpc) is 3.33. The molecule has 3 aliphatic rings. The second-order valence-electron chi connectivity index (χ2n) is 8.10. The Morgan fingerprint density at radius 3 is 2.36 bits per heavy atom. The van der Waals surface area contributed by atoms with E-state index in [0.717, 1.165) is 45.4 Å². The van der Waals surface area contributed by atoms with Crippen molar-refractivity contribution < 1.29 is 13.2 Å². The highest BCUT2D eigenvalue weighted by Gasteiger charge is 2.41. The number of rotatable bonds is 7. The summed E-state index contributed by atoms with van der Waals surface area (Å²) in [6.45, 7) is 8.40. The fourth-order valence-electron chi connectivity index (χ4n) is 3.96. The van der Waals surface area contributed by atoms with Gasteiger partial charge in [0.15, 0.2) is 0 Å². The van der Waals surface area contributed by atoms with E-state index in [-0.39, 0.29) is 17.9 Å². The van der Waals surface area contributed by atoms with Crippen molar-refractivity contribution in [2.75, 3.05) is 39.3 Å². The van der Waals surface area contributed by atoms with Gasteiger partial charge in [-0.25, -0.2) is 8.42 Å². The lowest BCUT2D eigenvalue weighted by Gasteiger charge is -2.33. The molecule has 3 fully saturated rings. The zero-order chi connectivity index (χ0) is 18.0. The van der Waals surface area contributed by atoms with E-state index >= 15 is 0 Å². The fourth-order valence-corrected chi connectivity index (χ4v) is 5.30. The molecule has 2 aliphatic heterocycles. The Balaban J connectivity index is 1.62. The first kappa shape index (κ1) is 19.1. The van der Waals surface area contributed by atoms with E-state index in [4.69, 9.17) is 0 Å². The van der Waals surface area contributed by atoms with Crippen LogP contribution in [-0.4, -0.2) is 79.0 Å². The Morgan fingerprint density at radius 1 is 1.08 bits per heavy atom. The third-order valence-corrected chi connectivity index (χ3v) is 8.08. The molecule has 0 spiro atoms. The lowest BCUT2D eigenvalue weighted by molar-refractivity contribution is -0.134. The van der Waals surface area contributed by atoms with E-state index in [1.807, 2.05) is 4.90 Å². The summed E-state index contributed by atoms with van der Waals surface area (Å²) in [4.78, 5) is 17.3. The van der Waals surface area contributed by atoms with Crippen LogP contribution in [0.4, 0.5) is 0 Å². The van der Waals surface area contributed by atoms with Crippen LogP contribution in [0.3, 0.4) is 0 Å². The first-order valence-electron chi connectivity index (χ1n) is 9.91. The van der Waals surface area contributed by atoms with Crippen molar-refractivity contribution in [3.63, 3.8) is 0 Å². The van der Waals surface area contributed by atoms with Gasteiger partial charge >= 0.3 is 0 Å². The van der Waals surface area contributed by atoms with Crippen LogP contribution in [0.25, 0.3) is 0 Å². The number of carbonyl (C=O) groups is 1. The maximum atomic E-state index is 12.8. The number of amides is 1. The Bertz CT molecular complexity index is 568. The van der Waals surface area contributed by atoms with Gasteiger partial charge in [0, 0.05) is 38.1 Å². The van der Waals surface area contributed by atoms with Gasteiger partial charge in [0.2, 0.25) is 15.9 Å². The Morgan fingerprint density at radius 2 is 1.76 bits per heavy atom. The highest BCUT2D eigenvalue weighted by molar-refractivity contribution is 7.89. The maximum absolute atomic E-state index is 12.8. The van der Waals surface area contributed by atoms with E-state index in [2.05, 4.69) is 4.90 Å². The molecule has 6 nitrogen and oxygen atoms in total. The molecule has 2 saturated heterocycles. The Labute approximate surface area is 152 Å². The first-order chi connectivity index (χ1) is 11.9. The van der Waals surface area contributed by atoms with Gasteiger partial charge in [0.05, 0.1) is 5.25 Å². The van der Waals surface area contributed by atoms with Gasteiger partial charge in [0.25, 0.3) is 0 Å². The van der Waals surface area contributed by atoms with Crippen LogP contribution >= 0.6 is 0 Å². The molecule has 0 N–H and O–H groups in total. The van der Waals surface area contributed by atoms with Gasteiger partial charge in [0.1, 0.15) is 0 Å². The molecule has 3 rings (SSSR count). The molecule has 0 bridgehead atoms. The lowest BCUT2D eigenvalue weighted by Crippen LogP contribution is -2.48. The van der Waals surface area contributed by atoms with Crippen LogP contribution in [0.5, 0.6) is 0 Å². The second-order valence-corrected chi connectivity index (χ2v) is 10.6. The summed E-state index contributed by atoms with van der Waals surface area (Å²) in [5.41, 5.74) is 0.